The van der Waals surface area contributed by atoms with Crippen molar-refractivity contribution in [1.82, 2.24) is 15.3 Å². The summed E-state index contributed by atoms with van der Waals surface area (Å²) in [6.45, 7) is 4.23. The second kappa shape index (κ2) is 4.55. The van der Waals surface area contributed by atoms with E-state index in [1.54, 1.807) is 0 Å². The molecule has 0 fully saturated rings. The number of H-pyrrole nitrogens is 1. The van der Waals surface area contributed by atoms with Crippen LogP contribution < -0.4 is 5.32 Å². The Morgan fingerprint density at radius 3 is 2.88 bits per heavy atom. The predicted molar refractivity (Wildman–Crippen MR) is 70.6 cm³/mol. The molecular formula is C12H16BrN3. The molecule has 2 N–H and O–H groups in total. The number of aromatic amines is 1. The molecule has 0 aliphatic carbocycles. The summed E-state index contributed by atoms with van der Waals surface area (Å²) in [5.74, 6) is 1.02. The van der Waals surface area contributed by atoms with Gasteiger partial charge in [0.15, 0.2) is 0 Å². The van der Waals surface area contributed by atoms with E-state index in [0.29, 0.717) is 6.04 Å². The molecule has 1 aromatic heterocycles. The number of hydrogen-bond acceptors (Lipinski definition) is 2. The first-order chi connectivity index (χ1) is 7.65. The minimum absolute atomic E-state index is 0.297. The Bertz CT molecular complexity index is 500. The van der Waals surface area contributed by atoms with Crippen LogP contribution in [0.5, 0.6) is 0 Å². The lowest BCUT2D eigenvalue weighted by Crippen LogP contribution is -2.16. The number of aromatic nitrogens is 2. The summed E-state index contributed by atoms with van der Waals surface area (Å²) in [6, 6.07) is 4.46. The van der Waals surface area contributed by atoms with Crippen LogP contribution >= 0.6 is 15.9 Å². The summed E-state index contributed by atoms with van der Waals surface area (Å²) in [6.07, 6.45) is 1.02. The third-order valence-electron chi connectivity index (χ3n) is 2.85. The highest BCUT2D eigenvalue weighted by atomic mass is 79.9. The van der Waals surface area contributed by atoms with E-state index in [-0.39, 0.29) is 0 Å². The predicted octanol–water partition coefficient (Wildman–Crippen LogP) is 3.30. The first-order valence-electron chi connectivity index (χ1n) is 5.48. The van der Waals surface area contributed by atoms with E-state index in [0.717, 1.165) is 27.8 Å². The molecule has 2 rings (SSSR count). The van der Waals surface area contributed by atoms with Crippen molar-refractivity contribution in [2.45, 2.75) is 26.3 Å². The maximum absolute atomic E-state index is 4.66. The lowest BCUT2D eigenvalue weighted by atomic mass is 10.2. The molecule has 3 nitrogen and oxygen atoms in total. The topological polar surface area (TPSA) is 40.7 Å². The number of halogens is 1. The fourth-order valence-corrected chi connectivity index (χ4v) is 2.54. The van der Waals surface area contributed by atoms with E-state index in [1.165, 1.54) is 5.56 Å². The molecule has 1 heterocycles. The standard InChI is InChI=1S/C12H16BrN3/c1-4-9(14-3)12-15-10-6-8(13)5-7(2)11(10)16-12/h5-6,9,14H,4H2,1-3H3,(H,15,16). The van der Waals surface area contributed by atoms with E-state index in [9.17, 15) is 0 Å². The Balaban J connectivity index is 2.55. The lowest BCUT2D eigenvalue weighted by Gasteiger charge is -2.09. The molecule has 0 saturated carbocycles. The summed E-state index contributed by atoms with van der Waals surface area (Å²) in [4.78, 5) is 8.03. The van der Waals surface area contributed by atoms with Crippen molar-refractivity contribution in [3.05, 3.63) is 28.0 Å². The molecule has 0 aliphatic heterocycles. The molecule has 0 amide bonds. The molecule has 86 valence electrons. The van der Waals surface area contributed by atoms with Crippen LogP contribution in [0.2, 0.25) is 0 Å². The normalized spacial score (nSPS) is 13.2. The van der Waals surface area contributed by atoms with Gasteiger partial charge in [-0.2, -0.15) is 0 Å². The monoisotopic (exact) mass is 281 g/mol. The van der Waals surface area contributed by atoms with Crippen LogP contribution in [0, 0.1) is 6.92 Å². The summed E-state index contributed by atoms with van der Waals surface area (Å²) in [5.41, 5.74) is 3.35. The van der Waals surface area contributed by atoms with Crippen molar-refractivity contribution >= 4 is 27.0 Å². The van der Waals surface area contributed by atoms with Crippen LogP contribution in [-0.2, 0) is 0 Å². The summed E-state index contributed by atoms with van der Waals surface area (Å²) in [5, 5.41) is 3.26. The first kappa shape index (κ1) is 11.6. The van der Waals surface area contributed by atoms with Gasteiger partial charge >= 0.3 is 0 Å². The highest BCUT2D eigenvalue weighted by Crippen LogP contribution is 2.24. The zero-order chi connectivity index (χ0) is 11.7. The molecule has 2 aromatic rings. The Morgan fingerprint density at radius 1 is 1.50 bits per heavy atom. The quantitative estimate of drug-likeness (QED) is 0.906. The number of aryl methyl sites for hydroxylation is 1. The van der Waals surface area contributed by atoms with E-state index in [4.69, 9.17) is 0 Å². The average molecular weight is 282 g/mol. The molecule has 1 unspecified atom stereocenters. The van der Waals surface area contributed by atoms with Crippen molar-refractivity contribution in [2.75, 3.05) is 7.05 Å². The molecule has 0 aliphatic rings. The fourth-order valence-electron chi connectivity index (χ4n) is 1.96. The third-order valence-corrected chi connectivity index (χ3v) is 3.30. The smallest absolute Gasteiger partial charge is 0.124 e. The number of benzene rings is 1. The highest BCUT2D eigenvalue weighted by molar-refractivity contribution is 9.10. The summed E-state index contributed by atoms with van der Waals surface area (Å²) in [7, 11) is 1.96. The number of nitrogens with zero attached hydrogens (tertiary/aromatic N) is 1. The van der Waals surface area contributed by atoms with E-state index in [1.807, 2.05) is 7.05 Å². The Kier molecular flexibility index (Phi) is 3.30. The van der Waals surface area contributed by atoms with Crippen molar-refractivity contribution < 1.29 is 0 Å². The second-order valence-corrected chi connectivity index (χ2v) is 4.91. The van der Waals surface area contributed by atoms with Crippen molar-refractivity contribution in [3.8, 4) is 0 Å². The van der Waals surface area contributed by atoms with Gasteiger partial charge in [0.1, 0.15) is 5.82 Å². The zero-order valence-corrected chi connectivity index (χ0v) is 11.4. The van der Waals surface area contributed by atoms with E-state index < -0.39 is 0 Å². The first-order valence-corrected chi connectivity index (χ1v) is 6.28. The molecule has 0 saturated heterocycles. The molecule has 0 spiro atoms. The van der Waals surface area contributed by atoms with Gasteiger partial charge in [-0.05, 0) is 38.1 Å². The maximum atomic E-state index is 4.66. The Labute approximate surface area is 104 Å². The van der Waals surface area contributed by atoms with Gasteiger partial charge in [-0.1, -0.05) is 22.9 Å². The van der Waals surface area contributed by atoms with Gasteiger partial charge < -0.3 is 10.3 Å². The van der Waals surface area contributed by atoms with Gasteiger partial charge in [0.2, 0.25) is 0 Å². The number of imidazole rings is 1. The number of fused-ring (bicyclic) bond motifs is 1. The van der Waals surface area contributed by atoms with Crippen molar-refractivity contribution in [2.24, 2.45) is 0 Å². The van der Waals surface area contributed by atoms with Crippen molar-refractivity contribution in [3.63, 3.8) is 0 Å². The molecule has 16 heavy (non-hydrogen) atoms. The van der Waals surface area contributed by atoms with Gasteiger partial charge in [0.25, 0.3) is 0 Å². The lowest BCUT2D eigenvalue weighted by molar-refractivity contribution is 0.551. The number of rotatable bonds is 3. The Hall–Kier alpha value is -0.870. The molecule has 0 radical (unpaired) electrons. The molecule has 4 heteroatoms. The SMILES string of the molecule is CCC(NC)c1nc2c(C)cc(Br)cc2[nH]1. The van der Waals surface area contributed by atoms with Crippen LogP contribution in [0.15, 0.2) is 16.6 Å². The number of hydrogen-bond donors (Lipinski definition) is 2. The summed E-state index contributed by atoms with van der Waals surface area (Å²) >= 11 is 3.50. The largest absolute Gasteiger partial charge is 0.341 e. The molecule has 0 bridgehead atoms. The second-order valence-electron chi connectivity index (χ2n) is 3.99. The third kappa shape index (κ3) is 1.99. The van der Waals surface area contributed by atoms with E-state index >= 15 is 0 Å². The molecule has 1 atom stereocenters. The zero-order valence-electron chi connectivity index (χ0n) is 9.76. The molecule has 1 aromatic carbocycles. The maximum Gasteiger partial charge on any atom is 0.124 e. The van der Waals surface area contributed by atoms with Crippen LogP contribution in [-0.4, -0.2) is 17.0 Å². The van der Waals surface area contributed by atoms with E-state index in [2.05, 4.69) is 57.2 Å². The van der Waals surface area contributed by atoms with Crippen LogP contribution in [0.3, 0.4) is 0 Å². The van der Waals surface area contributed by atoms with Gasteiger partial charge in [0, 0.05) is 4.47 Å². The summed E-state index contributed by atoms with van der Waals surface area (Å²) < 4.78 is 1.09. The van der Waals surface area contributed by atoms with Gasteiger partial charge in [-0.3, -0.25) is 0 Å². The fraction of sp³-hybridized carbons (Fsp3) is 0.417. The van der Waals surface area contributed by atoms with Crippen LogP contribution in [0.4, 0.5) is 0 Å². The average Bonchev–Trinajstić information content (AvgIpc) is 2.63. The molecular weight excluding hydrogens is 266 g/mol. The minimum Gasteiger partial charge on any atom is -0.341 e. The van der Waals surface area contributed by atoms with Crippen LogP contribution in [0.1, 0.15) is 30.8 Å². The minimum atomic E-state index is 0.297. The number of nitrogens with one attached hydrogen (secondary N) is 2. The van der Waals surface area contributed by atoms with Crippen LogP contribution in [0.25, 0.3) is 11.0 Å². The van der Waals surface area contributed by atoms with Crippen molar-refractivity contribution in [1.29, 1.82) is 0 Å². The van der Waals surface area contributed by atoms with Gasteiger partial charge in [-0.15, -0.1) is 0 Å². The van der Waals surface area contributed by atoms with Gasteiger partial charge in [-0.25, -0.2) is 4.98 Å². The highest BCUT2D eigenvalue weighted by Gasteiger charge is 2.12. The van der Waals surface area contributed by atoms with Gasteiger partial charge in [0.05, 0.1) is 17.1 Å². The Morgan fingerprint density at radius 2 is 2.25 bits per heavy atom.